The highest BCUT2D eigenvalue weighted by Crippen LogP contribution is 2.31. The fourth-order valence-corrected chi connectivity index (χ4v) is 4.40. The van der Waals surface area contributed by atoms with E-state index in [1.54, 1.807) is 6.20 Å². The number of aliphatic hydroxyl groups excluding tert-OH is 1. The second-order valence-electron chi connectivity index (χ2n) is 8.29. The molecule has 0 bridgehead atoms. The van der Waals surface area contributed by atoms with Crippen molar-refractivity contribution in [2.45, 2.75) is 18.9 Å². The number of hydrogen-bond donors (Lipinski definition) is 3. The molecule has 4 aromatic rings. The van der Waals surface area contributed by atoms with Crippen molar-refractivity contribution < 1.29 is 9.90 Å². The average molecular weight is 426 g/mol. The fourth-order valence-electron chi connectivity index (χ4n) is 4.40. The third-order valence-electron chi connectivity index (χ3n) is 6.06. The molecule has 0 unspecified atom stereocenters. The molecule has 6 rings (SSSR count). The number of aliphatic hydroxyl groups is 1. The van der Waals surface area contributed by atoms with Crippen LogP contribution >= 0.6 is 0 Å². The van der Waals surface area contributed by atoms with Crippen LogP contribution in [0.15, 0.2) is 61.1 Å². The second-order valence-corrected chi connectivity index (χ2v) is 8.29. The Kier molecular flexibility index (Phi) is 4.32. The van der Waals surface area contributed by atoms with Crippen LogP contribution in [0.1, 0.15) is 12.0 Å². The first-order valence-electron chi connectivity index (χ1n) is 10.7. The molecule has 8 nitrogen and oxygen atoms in total. The van der Waals surface area contributed by atoms with Crippen LogP contribution in [0.2, 0.25) is 0 Å². The van der Waals surface area contributed by atoms with Crippen LogP contribution in [0.3, 0.4) is 0 Å². The normalized spacial score (nSPS) is 17.6. The Hall–Kier alpha value is -3.91. The topological polar surface area (TPSA) is 94.8 Å². The number of carbonyl (C=O) groups is 1. The van der Waals surface area contributed by atoms with E-state index in [4.69, 9.17) is 4.98 Å². The summed E-state index contributed by atoms with van der Waals surface area (Å²) >= 11 is 0. The van der Waals surface area contributed by atoms with Gasteiger partial charge in [-0.1, -0.05) is 12.1 Å². The number of benzene rings is 2. The molecule has 0 aliphatic carbocycles. The van der Waals surface area contributed by atoms with E-state index in [0.29, 0.717) is 18.8 Å². The first-order valence-corrected chi connectivity index (χ1v) is 10.7. The molecular weight excluding hydrogens is 404 g/mol. The lowest BCUT2D eigenvalue weighted by Gasteiger charge is -2.18. The maximum atomic E-state index is 11.7. The predicted molar refractivity (Wildman–Crippen MR) is 123 cm³/mol. The molecule has 3 N–H and O–H groups in total. The lowest BCUT2D eigenvalue weighted by molar-refractivity contribution is -0.115. The predicted octanol–water partition coefficient (Wildman–Crippen LogP) is 3.21. The highest BCUT2D eigenvalue weighted by atomic mass is 16.3. The van der Waals surface area contributed by atoms with E-state index in [2.05, 4.69) is 32.7 Å². The molecule has 1 saturated heterocycles. The summed E-state index contributed by atoms with van der Waals surface area (Å²) in [7, 11) is 0. The largest absolute Gasteiger partial charge is 0.391 e. The number of aromatic nitrogens is 3. The number of nitrogens with zero attached hydrogens (tertiary/aromatic N) is 4. The third kappa shape index (κ3) is 3.34. The van der Waals surface area contributed by atoms with Gasteiger partial charge in [-0.3, -0.25) is 4.79 Å². The minimum atomic E-state index is -0.249. The molecule has 160 valence electrons. The molecule has 2 aromatic carbocycles. The van der Waals surface area contributed by atoms with Gasteiger partial charge in [-0.2, -0.15) is 0 Å². The van der Waals surface area contributed by atoms with E-state index >= 15 is 0 Å². The van der Waals surface area contributed by atoms with Gasteiger partial charge in [0.15, 0.2) is 11.5 Å². The van der Waals surface area contributed by atoms with E-state index in [-0.39, 0.29) is 12.0 Å². The summed E-state index contributed by atoms with van der Waals surface area (Å²) in [5, 5.41) is 16.1. The number of imidazole rings is 1. The molecule has 1 amide bonds. The van der Waals surface area contributed by atoms with Crippen molar-refractivity contribution in [3.63, 3.8) is 0 Å². The SMILES string of the molecule is O=C1Cc2ccc(-c3cn4ccnc4c(Nc4ccc(N5CC[C@@H](O)C5)cc4)n3)cc2N1. The van der Waals surface area contributed by atoms with Gasteiger partial charge >= 0.3 is 0 Å². The summed E-state index contributed by atoms with van der Waals surface area (Å²) in [6, 6.07) is 14.1. The first-order chi connectivity index (χ1) is 15.6. The number of anilines is 4. The smallest absolute Gasteiger partial charge is 0.228 e. The number of nitrogens with one attached hydrogen (secondary N) is 2. The Balaban J connectivity index is 1.32. The standard InChI is InChI=1S/C24H22N6O2/c31-19-7-9-29(13-19)18-5-3-17(4-6-18)26-23-24-25-8-10-30(24)14-21(28-23)15-1-2-16-12-22(32)27-20(16)11-15/h1-6,8,10-11,14,19,31H,7,9,12-13H2,(H,26,28)(H,27,32)/t19-/m1/s1. The lowest BCUT2D eigenvalue weighted by atomic mass is 10.1. The Morgan fingerprint density at radius 1 is 1.16 bits per heavy atom. The van der Waals surface area contributed by atoms with Crippen LogP contribution in [-0.4, -0.2) is 44.6 Å². The third-order valence-corrected chi connectivity index (χ3v) is 6.06. The molecule has 0 saturated carbocycles. The molecular formula is C24H22N6O2. The number of fused-ring (bicyclic) bond motifs is 2. The average Bonchev–Trinajstić information content (AvgIpc) is 3.52. The minimum absolute atomic E-state index is 0.0180. The van der Waals surface area contributed by atoms with Gasteiger partial charge in [0.05, 0.1) is 18.2 Å². The van der Waals surface area contributed by atoms with E-state index < -0.39 is 0 Å². The summed E-state index contributed by atoms with van der Waals surface area (Å²) < 4.78 is 1.94. The van der Waals surface area contributed by atoms with Crippen LogP contribution in [0.4, 0.5) is 22.9 Å². The Morgan fingerprint density at radius 3 is 2.84 bits per heavy atom. The molecule has 8 heteroatoms. The van der Waals surface area contributed by atoms with Crippen LogP contribution in [0.25, 0.3) is 16.9 Å². The van der Waals surface area contributed by atoms with Gasteiger partial charge in [-0.15, -0.1) is 0 Å². The van der Waals surface area contributed by atoms with Gasteiger partial charge in [-0.25, -0.2) is 9.97 Å². The molecule has 1 fully saturated rings. The van der Waals surface area contributed by atoms with E-state index in [1.807, 2.05) is 47.1 Å². The number of rotatable bonds is 4. The molecule has 1 atom stereocenters. The van der Waals surface area contributed by atoms with Crippen LogP contribution in [0, 0.1) is 0 Å². The quantitative estimate of drug-likeness (QED) is 0.464. The van der Waals surface area contributed by atoms with E-state index in [9.17, 15) is 9.90 Å². The molecule has 4 heterocycles. The molecule has 2 aliphatic heterocycles. The van der Waals surface area contributed by atoms with E-state index in [1.165, 1.54) is 0 Å². The summed E-state index contributed by atoms with van der Waals surface area (Å²) in [6.45, 7) is 1.54. The van der Waals surface area contributed by atoms with Crippen molar-refractivity contribution in [2.24, 2.45) is 0 Å². The highest BCUT2D eigenvalue weighted by Gasteiger charge is 2.21. The minimum Gasteiger partial charge on any atom is -0.391 e. The fraction of sp³-hybridized carbons (Fsp3) is 0.208. The lowest BCUT2D eigenvalue weighted by Crippen LogP contribution is -2.20. The molecule has 0 radical (unpaired) electrons. The van der Waals surface area contributed by atoms with Gasteiger partial charge in [0, 0.05) is 54.3 Å². The maximum Gasteiger partial charge on any atom is 0.228 e. The van der Waals surface area contributed by atoms with Crippen LogP contribution in [-0.2, 0) is 11.2 Å². The van der Waals surface area contributed by atoms with Crippen molar-refractivity contribution >= 4 is 34.4 Å². The summed E-state index contributed by atoms with van der Waals surface area (Å²) in [5.41, 5.74) is 6.29. The zero-order chi connectivity index (χ0) is 21.7. The van der Waals surface area contributed by atoms with Gasteiger partial charge in [0.2, 0.25) is 5.91 Å². The first kappa shape index (κ1) is 18.8. The van der Waals surface area contributed by atoms with E-state index in [0.717, 1.165) is 52.5 Å². The monoisotopic (exact) mass is 426 g/mol. The zero-order valence-electron chi connectivity index (χ0n) is 17.3. The Morgan fingerprint density at radius 2 is 2.03 bits per heavy atom. The molecule has 32 heavy (non-hydrogen) atoms. The highest BCUT2D eigenvalue weighted by molar-refractivity contribution is 5.99. The van der Waals surface area contributed by atoms with Crippen molar-refractivity contribution in [2.75, 3.05) is 28.6 Å². The number of β-amino-alcohol motifs (C(OH)–C–C–N with tert-alkyl or cyclic N) is 1. The number of amides is 1. The summed E-state index contributed by atoms with van der Waals surface area (Å²) in [5.74, 6) is 0.672. The van der Waals surface area contributed by atoms with Gasteiger partial charge < -0.3 is 25.0 Å². The number of hydrogen-bond acceptors (Lipinski definition) is 6. The maximum absolute atomic E-state index is 11.7. The van der Waals surface area contributed by atoms with Crippen LogP contribution in [0.5, 0.6) is 0 Å². The van der Waals surface area contributed by atoms with Crippen LogP contribution < -0.4 is 15.5 Å². The van der Waals surface area contributed by atoms with Crippen molar-refractivity contribution in [3.8, 4) is 11.3 Å². The summed E-state index contributed by atoms with van der Waals surface area (Å²) in [6.07, 6.45) is 6.55. The van der Waals surface area contributed by atoms with Crippen molar-refractivity contribution in [3.05, 3.63) is 66.6 Å². The van der Waals surface area contributed by atoms with Gasteiger partial charge in [0.1, 0.15) is 0 Å². The van der Waals surface area contributed by atoms with Crippen molar-refractivity contribution in [1.82, 2.24) is 14.4 Å². The summed E-state index contributed by atoms with van der Waals surface area (Å²) in [4.78, 5) is 23.2. The molecule has 2 aromatic heterocycles. The Labute approximate surface area is 184 Å². The van der Waals surface area contributed by atoms with Gasteiger partial charge in [-0.05, 0) is 42.3 Å². The second kappa shape index (κ2) is 7.35. The van der Waals surface area contributed by atoms with Crippen molar-refractivity contribution in [1.29, 1.82) is 0 Å². The molecule has 0 spiro atoms. The molecule has 2 aliphatic rings. The number of carbonyl (C=O) groups excluding carboxylic acids is 1. The Bertz CT molecular complexity index is 1330. The van der Waals surface area contributed by atoms with Gasteiger partial charge in [0.25, 0.3) is 0 Å². The zero-order valence-corrected chi connectivity index (χ0v) is 17.3.